The Labute approximate surface area is 137 Å². The number of amides is 2. The van der Waals surface area contributed by atoms with Crippen LogP contribution in [0, 0.1) is 0 Å². The highest BCUT2D eigenvalue weighted by Crippen LogP contribution is 2.34. The Morgan fingerprint density at radius 2 is 1.96 bits per heavy atom. The second-order valence-corrected chi connectivity index (χ2v) is 5.12. The molecule has 0 unspecified atom stereocenters. The zero-order chi connectivity index (χ0) is 16.4. The van der Waals surface area contributed by atoms with Crippen LogP contribution < -0.4 is 20.1 Å². The third-order valence-corrected chi connectivity index (χ3v) is 3.48. The normalized spacial score (nSPS) is 12.2. The summed E-state index contributed by atoms with van der Waals surface area (Å²) in [6.45, 7) is 0.457. The number of hydrogen-bond donors (Lipinski definition) is 2. The lowest BCUT2D eigenvalue weighted by Gasteiger charge is -2.07. The fourth-order valence-corrected chi connectivity index (χ4v) is 2.34. The van der Waals surface area contributed by atoms with Gasteiger partial charge < -0.3 is 28.9 Å². The van der Waals surface area contributed by atoms with E-state index in [0.717, 1.165) is 0 Å². The number of fused-ring (bicyclic) bond motifs is 1. The molecule has 7 nitrogen and oxygen atoms in total. The Hall–Kier alpha value is -3.35. The molecule has 3 aromatic rings. The molecule has 1 aliphatic heterocycles. The van der Waals surface area contributed by atoms with Gasteiger partial charge in [0.05, 0.1) is 12.8 Å². The van der Waals surface area contributed by atoms with Crippen molar-refractivity contribution in [2.24, 2.45) is 0 Å². The summed E-state index contributed by atoms with van der Waals surface area (Å²) < 4.78 is 21.4. The number of furan rings is 2. The molecule has 24 heavy (non-hydrogen) atoms. The highest BCUT2D eigenvalue weighted by Gasteiger charge is 2.14. The number of anilines is 1. The summed E-state index contributed by atoms with van der Waals surface area (Å²) in [6, 6.07) is 12.0. The number of carbonyl (C=O) groups is 1. The van der Waals surface area contributed by atoms with Crippen molar-refractivity contribution in [2.75, 3.05) is 12.1 Å². The molecule has 4 rings (SSSR count). The second-order valence-electron chi connectivity index (χ2n) is 5.12. The second kappa shape index (κ2) is 6.04. The average Bonchev–Trinajstić information content (AvgIpc) is 3.32. The molecular weight excluding hydrogens is 312 g/mol. The maximum Gasteiger partial charge on any atom is 0.319 e. The van der Waals surface area contributed by atoms with Crippen LogP contribution in [0.3, 0.4) is 0 Å². The number of rotatable bonds is 4. The van der Waals surface area contributed by atoms with Gasteiger partial charge >= 0.3 is 6.03 Å². The largest absolute Gasteiger partial charge is 0.461 e. The van der Waals surface area contributed by atoms with E-state index in [2.05, 4.69) is 10.6 Å². The van der Waals surface area contributed by atoms with Crippen molar-refractivity contribution in [3.8, 4) is 23.0 Å². The van der Waals surface area contributed by atoms with Crippen LogP contribution in [0.25, 0.3) is 11.5 Å². The molecular formula is C17H14N2O5. The monoisotopic (exact) mass is 326 g/mol. The van der Waals surface area contributed by atoms with Gasteiger partial charge in [0.25, 0.3) is 0 Å². The van der Waals surface area contributed by atoms with E-state index < -0.39 is 0 Å². The van der Waals surface area contributed by atoms with E-state index in [1.165, 1.54) is 0 Å². The van der Waals surface area contributed by atoms with Crippen LogP contribution in [-0.4, -0.2) is 12.8 Å². The highest BCUT2D eigenvalue weighted by atomic mass is 16.7. The van der Waals surface area contributed by atoms with Crippen molar-refractivity contribution in [2.45, 2.75) is 6.54 Å². The minimum atomic E-state index is -0.343. The standard InChI is InChI=1S/C17H14N2O5/c20-17(19-11-3-5-14-16(8-11)23-10-22-14)18-9-12-4-6-15(24-12)13-2-1-7-21-13/h1-8H,9-10H2,(H2,18,19,20). The van der Waals surface area contributed by atoms with E-state index in [1.54, 1.807) is 42.7 Å². The maximum absolute atomic E-state index is 12.0. The van der Waals surface area contributed by atoms with E-state index in [4.69, 9.17) is 18.3 Å². The van der Waals surface area contributed by atoms with Gasteiger partial charge in [0, 0.05) is 11.8 Å². The topological polar surface area (TPSA) is 85.9 Å². The Morgan fingerprint density at radius 3 is 2.83 bits per heavy atom. The quantitative estimate of drug-likeness (QED) is 0.765. The van der Waals surface area contributed by atoms with Crippen LogP contribution in [-0.2, 0) is 6.54 Å². The molecule has 122 valence electrons. The molecule has 1 aliphatic rings. The molecule has 1 aromatic carbocycles. The first kappa shape index (κ1) is 14.3. The highest BCUT2D eigenvalue weighted by molar-refractivity contribution is 5.89. The van der Waals surface area contributed by atoms with E-state index in [0.29, 0.717) is 34.5 Å². The average molecular weight is 326 g/mol. The zero-order valence-corrected chi connectivity index (χ0v) is 12.6. The molecule has 2 amide bonds. The van der Waals surface area contributed by atoms with Gasteiger partial charge in [-0.3, -0.25) is 0 Å². The minimum Gasteiger partial charge on any atom is -0.461 e. The molecule has 0 bridgehead atoms. The van der Waals surface area contributed by atoms with Crippen LogP contribution in [0.5, 0.6) is 11.5 Å². The van der Waals surface area contributed by atoms with Crippen LogP contribution in [0.2, 0.25) is 0 Å². The Bertz CT molecular complexity index is 854. The molecule has 0 radical (unpaired) electrons. The van der Waals surface area contributed by atoms with Crippen LogP contribution in [0.1, 0.15) is 5.76 Å². The van der Waals surface area contributed by atoms with Crippen molar-refractivity contribution in [1.29, 1.82) is 0 Å². The van der Waals surface area contributed by atoms with Gasteiger partial charge in [-0.1, -0.05) is 0 Å². The fourth-order valence-electron chi connectivity index (χ4n) is 2.34. The Morgan fingerprint density at radius 1 is 1.04 bits per heavy atom. The summed E-state index contributed by atoms with van der Waals surface area (Å²) in [5.41, 5.74) is 0.618. The molecule has 0 saturated carbocycles. The summed E-state index contributed by atoms with van der Waals surface area (Å²) in [7, 11) is 0. The summed E-state index contributed by atoms with van der Waals surface area (Å²) >= 11 is 0. The van der Waals surface area contributed by atoms with Crippen LogP contribution >= 0.6 is 0 Å². The summed E-state index contributed by atoms with van der Waals surface area (Å²) in [4.78, 5) is 12.0. The minimum absolute atomic E-state index is 0.196. The van der Waals surface area contributed by atoms with Gasteiger partial charge in [0.1, 0.15) is 5.76 Å². The summed E-state index contributed by atoms with van der Waals surface area (Å²) in [5.74, 6) is 3.17. The lowest BCUT2D eigenvalue weighted by atomic mass is 10.3. The van der Waals surface area contributed by atoms with Crippen molar-refractivity contribution >= 4 is 11.7 Å². The fraction of sp³-hybridized carbons (Fsp3) is 0.118. The van der Waals surface area contributed by atoms with Crippen LogP contribution in [0.15, 0.2) is 57.6 Å². The number of carbonyl (C=O) groups excluding carboxylic acids is 1. The molecule has 0 spiro atoms. The van der Waals surface area contributed by atoms with E-state index in [9.17, 15) is 4.79 Å². The zero-order valence-electron chi connectivity index (χ0n) is 12.6. The van der Waals surface area contributed by atoms with Crippen molar-refractivity contribution in [3.63, 3.8) is 0 Å². The molecule has 2 aromatic heterocycles. The SMILES string of the molecule is O=C(NCc1ccc(-c2ccco2)o1)Nc1ccc2c(c1)OCO2. The number of ether oxygens (including phenoxy) is 2. The third kappa shape index (κ3) is 2.91. The van der Waals surface area contributed by atoms with Gasteiger partial charge in [-0.15, -0.1) is 0 Å². The molecule has 2 N–H and O–H groups in total. The number of benzene rings is 1. The molecule has 0 saturated heterocycles. The van der Waals surface area contributed by atoms with Crippen molar-refractivity contribution in [3.05, 3.63) is 54.5 Å². The smallest absolute Gasteiger partial charge is 0.319 e. The lowest BCUT2D eigenvalue weighted by molar-refractivity contribution is 0.174. The molecule has 7 heteroatoms. The van der Waals surface area contributed by atoms with Gasteiger partial charge in [-0.05, 0) is 36.4 Å². The maximum atomic E-state index is 12.0. The van der Waals surface area contributed by atoms with Gasteiger partial charge in [0.2, 0.25) is 6.79 Å². The third-order valence-electron chi connectivity index (χ3n) is 3.48. The summed E-state index contributed by atoms with van der Waals surface area (Å²) in [5, 5.41) is 5.46. The predicted octanol–water partition coefficient (Wildman–Crippen LogP) is 3.59. The van der Waals surface area contributed by atoms with Crippen LogP contribution in [0.4, 0.5) is 10.5 Å². The molecule has 0 fully saturated rings. The number of urea groups is 1. The summed E-state index contributed by atoms with van der Waals surface area (Å²) in [6.07, 6.45) is 1.58. The van der Waals surface area contributed by atoms with Crippen molar-refractivity contribution in [1.82, 2.24) is 5.32 Å². The van der Waals surface area contributed by atoms with Gasteiger partial charge in [0.15, 0.2) is 23.0 Å². The predicted molar refractivity (Wildman–Crippen MR) is 84.8 cm³/mol. The number of hydrogen-bond acceptors (Lipinski definition) is 5. The Balaban J connectivity index is 1.33. The van der Waals surface area contributed by atoms with Crippen molar-refractivity contribution < 1.29 is 23.1 Å². The molecule has 0 aliphatic carbocycles. The lowest BCUT2D eigenvalue weighted by Crippen LogP contribution is -2.27. The van der Waals surface area contributed by atoms with Gasteiger partial charge in [-0.25, -0.2) is 4.79 Å². The first-order chi connectivity index (χ1) is 11.8. The molecule has 3 heterocycles. The molecule has 0 atom stereocenters. The van der Waals surface area contributed by atoms with E-state index in [1.807, 2.05) is 6.07 Å². The Kier molecular flexibility index (Phi) is 3.59. The van der Waals surface area contributed by atoms with E-state index >= 15 is 0 Å². The first-order valence-corrected chi connectivity index (χ1v) is 7.35. The van der Waals surface area contributed by atoms with E-state index in [-0.39, 0.29) is 19.4 Å². The first-order valence-electron chi connectivity index (χ1n) is 7.35. The number of nitrogens with one attached hydrogen (secondary N) is 2. The van der Waals surface area contributed by atoms with Gasteiger partial charge in [-0.2, -0.15) is 0 Å².